The van der Waals surface area contributed by atoms with Crippen molar-refractivity contribution in [2.75, 3.05) is 0 Å². The van der Waals surface area contributed by atoms with Crippen molar-refractivity contribution in [3.63, 3.8) is 0 Å². The second-order valence-electron chi connectivity index (χ2n) is 8.55. The molecule has 8 heteroatoms. The normalized spacial score (nSPS) is 10.5. The second kappa shape index (κ2) is 23.6. The van der Waals surface area contributed by atoms with Crippen LogP contribution in [-0.2, 0) is 19.6 Å². The third-order valence-corrected chi connectivity index (χ3v) is 5.84. The zero-order valence-corrected chi connectivity index (χ0v) is 24.9. The molecule has 0 aliphatic carbocycles. The maximum Gasteiger partial charge on any atom is 0.336 e. The van der Waals surface area contributed by atoms with Crippen molar-refractivity contribution < 1.29 is 0 Å². The van der Waals surface area contributed by atoms with Crippen LogP contribution < -0.4 is 17.1 Å². The minimum absolute atomic E-state index is 0. The fraction of sp³-hybridized carbons (Fsp3) is 0.880. The van der Waals surface area contributed by atoms with E-state index in [2.05, 4.69) is 58.0 Å². The lowest BCUT2D eigenvalue weighted by Crippen LogP contribution is -2.54. The molecular formula is C25H49I2N3O3. The molecule has 196 valence electrons. The highest BCUT2D eigenvalue weighted by molar-refractivity contribution is 15.0. The SMILES string of the molecule is C.CCCCCCCn1c(=O)n(CCCCCCC)c(=O)n(CCCCCCC)c1=O.II. The Morgan fingerprint density at radius 1 is 0.455 bits per heavy atom. The minimum Gasteiger partial charge on any atom is -0.247 e. The van der Waals surface area contributed by atoms with Crippen LogP contribution in [0.4, 0.5) is 0 Å². The Labute approximate surface area is 225 Å². The Kier molecular flexibility index (Phi) is 25.1. The highest BCUT2D eigenvalue weighted by atomic mass is 128. The number of hydrogen-bond acceptors (Lipinski definition) is 3. The Morgan fingerprint density at radius 3 is 0.879 bits per heavy atom. The van der Waals surface area contributed by atoms with Gasteiger partial charge in [-0.05, 0) is 19.3 Å². The molecule has 0 bridgehead atoms. The van der Waals surface area contributed by atoms with Crippen LogP contribution in [0.1, 0.15) is 125 Å². The molecule has 33 heavy (non-hydrogen) atoms. The first-order chi connectivity index (χ1) is 15.6. The van der Waals surface area contributed by atoms with Gasteiger partial charge in [0.15, 0.2) is 0 Å². The molecule has 0 saturated carbocycles. The molecule has 1 rings (SSSR count). The van der Waals surface area contributed by atoms with E-state index in [1.54, 1.807) is 0 Å². The monoisotopic (exact) mass is 693 g/mol. The van der Waals surface area contributed by atoms with E-state index in [1.807, 2.05) is 0 Å². The van der Waals surface area contributed by atoms with Crippen LogP contribution in [-0.4, -0.2) is 13.7 Å². The van der Waals surface area contributed by atoms with E-state index in [9.17, 15) is 14.4 Å². The van der Waals surface area contributed by atoms with Gasteiger partial charge in [0.25, 0.3) is 0 Å². The van der Waals surface area contributed by atoms with Gasteiger partial charge in [-0.3, -0.25) is 0 Å². The van der Waals surface area contributed by atoms with Crippen molar-refractivity contribution in [1.29, 1.82) is 0 Å². The van der Waals surface area contributed by atoms with E-state index in [-0.39, 0.29) is 7.43 Å². The second-order valence-corrected chi connectivity index (χ2v) is 8.55. The molecule has 0 fully saturated rings. The predicted octanol–water partition coefficient (Wildman–Crippen LogP) is 7.49. The van der Waals surface area contributed by atoms with Crippen LogP contribution in [0.15, 0.2) is 14.4 Å². The van der Waals surface area contributed by atoms with Crippen LogP contribution in [0.3, 0.4) is 0 Å². The number of unbranched alkanes of at least 4 members (excludes halogenated alkanes) is 12. The molecule has 0 aliphatic rings. The van der Waals surface area contributed by atoms with Gasteiger partial charge in [-0.25, -0.2) is 28.1 Å². The van der Waals surface area contributed by atoms with Crippen LogP contribution in [0, 0.1) is 0 Å². The van der Waals surface area contributed by atoms with Gasteiger partial charge in [0.05, 0.1) is 0 Å². The van der Waals surface area contributed by atoms with Crippen molar-refractivity contribution in [1.82, 2.24) is 13.7 Å². The van der Waals surface area contributed by atoms with Crippen LogP contribution >= 0.6 is 37.2 Å². The fourth-order valence-corrected chi connectivity index (χ4v) is 3.88. The number of nitrogens with zero attached hydrogens (tertiary/aromatic N) is 3. The zero-order chi connectivity index (χ0) is 24.2. The molecule has 0 radical (unpaired) electrons. The molecule has 6 nitrogen and oxygen atoms in total. The average molecular weight is 693 g/mol. The van der Waals surface area contributed by atoms with Crippen molar-refractivity contribution in [3.8, 4) is 0 Å². The van der Waals surface area contributed by atoms with Crippen molar-refractivity contribution in [2.45, 2.75) is 144 Å². The van der Waals surface area contributed by atoms with Gasteiger partial charge in [-0.1, -0.05) is 105 Å². The van der Waals surface area contributed by atoms with Gasteiger partial charge < -0.3 is 0 Å². The first kappa shape index (κ1) is 35.0. The highest BCUT2D eigenvalue weighted by Gasteiger charge is 2.15. The summed E-state index contributed by atoms with van der Waals surface area (Å²) in [5, 5.41) is 0. The van der Waals surface area contributed by atoms with Crippen molar-refractivity contribution >= 4 is 37.2 Å². The van der Waals surface area contributed by atoms with Gasteiger partial charge in [0.1, 0.15) is 0 Å². The third-order valence-electron chi connectivity index (χ3n) is 5.84. The molecule has 0 unspecified atom stereocenters. The van der Waals surface area contributed by atoms with E-state index < -0.39 is 17.1 Å². The summed E-state index contributed by atoms with van der Waals surface area (Å²) in [6.07, 6.45) is 15.8. The van der Waals surface area contributed by atoms with Gasteiger partial charge >= 0.3 is 17.1 Å². The highest BCUT2D eigenvalue weighted by Crippen LogP contribution is 2.05. The lowest BCUT2D eigenvalue weighted by atomic mass is 10.1. The van der Waals surface area contributed by atoms with Gasteiger partial charge in [-0.2, -0.15) is 0 Å². The molecule has 0 saturated heterocycles. The molecule has 1 aromatic rings. The Hall–Kier alpha value is -0.130. The lowest BCUT2D eigenvalue weighted by Gasteiger charge is -2.14. The molecule has 1 aromatic heterocycles. The van der Waals surface area contributed by atoms with E-state index in [0.717, 1.165) is 77.0 Å². The lowest BCUT2D eigenvalue weighted by molar-refractivity contribution is 0.412. The largest absolute Gasteiger partial charge is 0.336 e. The molecule has 0 aromatic carbocycles. The summed E-state index contributed by atoms with van der Waals surface area (Å²) in [5.41, 5.74) is -1.25. The topological polar surface area (TPSA) is 66.0 Å². The van der Waals surface area contributed by atoms with Crippen LogP contribution in [0.25, 0.3) is 0 Å². The summed E-state index contributed by atoms with van der Waals surface area (Å²) in [6.45, 7) is 7.73. The molecule has 0 atom stereocenters. The Bertz CT molecular complexity index is 626. The van der Waals surface area contributed by atoms with Gasteiger partial charge in [-0.15, -0.1) is 0 Å². The Morgan fingerprint density at radius 2 is 0.667 bits per heavy atom. The maximum atomic E-state index is 12.9. The first-order valence-corrected chi connectivity index (χ1v) is 19.0. The number of rotatable bonds is 18. The number of hydrogen-bond donors (Lipinski definition) is 0. The average Bonchev–Trinajstić information content (AvgIpc) is 2.80. The summed E-state index contributed by atoms with van der Waals surface area (Å²) in [5.74, 6) is 0. The molecular weight excluding hydrogens is 644 g/mol. The summed E-state index contributed by atoms with van der Waals surface area (Å²) in [7, 11) is 0. The number of halogens is 2. The summed E-state index contributed by atoms with van der Waals surface area (Å²) >= 11 is 4.24. The summed E-state index contributed by atoms with van der Waals surface area (Å²) in [6, 6.07) is 0. The van der Waals surface area contributed by atoms with Gasteiger partial charge in [0.2, 0.25) is 0 Å². The fourth-order valence-electron chi connectivity index (χ4n) is 3.88. The molecule has 0 spiro atoms. The quantitative estimate of drug-likeness (QED) is 0.118. The molecule has 0 aliphatic heterocycles. The molecule has 1 heterocycles. The van der Waals surface area contributed by atoms with Crippen LogP contribution in [0.5, 0.6) is 0 Å². The smallest absolute Gasteiger partial charge is 0.247 e. The first-order valence-electron chi connectivity index (χ1n) is 12.7. The van der Waals surface area contributed by atoms with Gasteiger partial charge in [0, 0.05) is 56.9 Å². The van der Waals surface area contributed by atoms with Crippen LogP contribution in [0.2, 0.25) is 0 Å². The van der Waals surface area contributed by atoms with Crippen molar-refractivity contribution in [3.05, 3.63) is 31.5 Å². The van der Waals surface area contributed by atoms with E-state index >= 15 is 0 Å². The summed E-state index contributed by atoms with van der Waals surface area (Å²) < 4.78 is 3.93. The van der Waals surface area contributed by atoms with E-state index in [0.29, 0.717) is 19.6 Å². The van der Waals surface area contributed by atoms with E-state index in [1.165, 1.54) is 33.0 Å². The molecule has 0 N–H and O–H groups in total. The zero-order valence-electron chi connectivity index (χ0n) is 20.6. The third kappa shape index (κ3) is 14.1. The van der Waals surface area contributed by atoms with Crippen molar-refractivity contribution in [2.24, 2.45) is 0 Å². The standard InChI is InChI=1S/C24H45N3O3.CH4.I2/c1-4-7-10-13-16-19-25-22(28)26(20-17-14-11-8-5-2)24(30)27(23(25)29)21-18-15-12-9-6-3;;1-2/h4-21H2,1-3H3;1H4;. The minimum atomic E-state index is -0.418. The summed E-state index contributed by atoms with van der Waals surface area (Å²) in [4.78, 5) is 38.8. The maximum absolute atomic E-state index is 12.9. The number of aromatic nitrogens is 3. The molecule has 0 amide bonds. The van der Waals surface area contributed by atoms with E-state index in [4.69, 9.17) is 0 Å². The Balaban J connectivity index is 0. The predicted molar refractivity (Wildman–Crippen MR) is 160 cm³/mol.